The highest BCUT2D eigenvalue weighted by Crippen LogP contribution is 2.45. The molecular weight excluding hydrogens is 468 g/mol. The first-order chi connectivity index (χ1) is 18.3. The second-order valence-corrected chi connectivity index (χ2v) is 10.8. The number of amides is 1. The van der Waals surface area contributed by atoms with Gasteiger partial charge in [0.15, 0.2) is 0 Å². The van der Waals surface area contributed by atoms with Crippen molar-refractivity contribution in [1.82, 2.24) is 35.7 Å². The van der Waals surface area contributed by atoms with Gasteiger partial charge in [-0.2, -0.15) is 0 Å². The van der Waals surface area contributed by atoms with Crippen molar-refractivity contribution in [2.24, 2.45) is 5.92 Å². The average Bonchev–Trinajstić information content (AvgIpc) is 3.58. The average molecular weight is 509 g/mol. The molecule has 4 unspecified atom stereocenters. The minimum atomic E-state index is 0.0624. The van der Waals surface area contributed by atoms with Crippen molar-refractivity contribution < 1.29 is 9.53 Å². The van der Waals surface area contributed by atoms with Crippen LogP contribution in [0.4, 0.5) is 5.95 Å². The predicted octanol–water partition coefficient (Wildman–Crippen LogP) is 2.12. The lowest BCUT2D eigenvalue weighted by atomic mass is 9.81. The van der Waals surface area contributed by atoms with Gasteiger partial charge in [0.1, 0.15) is 18.2 Å². The van der Waals surface area contributed by atoms with Crippen molar-refractivity contribution >= 4 is 11.9 Å². The molecule has 1 amide bonds. The van der Waals surface area contributed by atoms with Gasteiger partial charge >= 0.3 is 0 Å². The van der Waals surface area contributed by atoms with Gasteiger partial charge in [0.2, 0.25) is 11.9 Å². The second kappa shape index (κ2) is 11.5. The minimum Gasteiger partial charge on any atom is -0.379 e. The van der Waals surface area contributed by atoms with E-state index in [-0.39, 0.29) is 18.2 Å². The van der Waals surface area contributed by atoms with Gasteiger partial charge in [0.25, 0.3) is 0 Å². The van der Waals surface area contributed by atoms with Crippen LogP contribution in [0, 0.1) is 5.92 Å². The summed E-state index contributed by atoms with van der Waals surface area (Å²) in [6, 6.07) is 10.9. The zero-order valence-corrected chi connectivity index (χ0v) is 21.6. The quantitative estimate of drug-likeness (QED) is 0.443. The Morgan fingerprint density at radius 3 is 2.78 bits per heavy atom. The molecule has 0 bridgehead atoms. The van der Waals surface area contributed by atoms with Gasteiger partial charge in [0.05, 0.1) is 13.2 Å². The van der Waals surface area contributed by atoms with Crippen LogP contribution in [0.5, 0.6) is 0 Å². The lowest BCUT2D eigenvalue weighted by Crippen LogP contribution is -2.53. The molecule has 4 atom stereocenters. The Labute approximate surface area is 219 Å². The molecule has 6 rings (SSSR count). The molecule has 2 saturated heterocycles. The molecule has 200 valence electrons. The first-order valence-corrected chi connectivity index (χ1v) is 14.1. The van der Waals surface area contributed by atoms with Gasteiger partial charge in [0, 0.05) is 44.4 Å². The van der Waals surface area contributed by atoms with Crippen LogP contribution < -0.4 is 21.1 Å². The monoisotopic (exact) mass is 508 g/mol. The molecule has 1 aromatic heterocycles. The van der Waals surface area contributed by atoms with Gasteiger partial charge in [-0.3, -0.25) is 24.6 Å². The van der Waals surface area contributed by atoms with Crippen molar-refractivity contribution in [2.75, 3.05) is 44.4 Å². The molecule has 2 aromatic rings. The third-order valence-corrected chi connectivity index (χ3v) is 8.38. The Kier molecular flexibility index (Phi) is 7.68. The summed E-state index contributed by atoms with van der Waals surface area (Å²) < 4.78 is 7.77. The van der Waals surface area contributed by atoms with E-state index in [1.165, 1.54) is 24.8 Å². The molecule has 1 saturated carbocycles. The smallest absolute Gasteiger partial charge is 0.243 e. The summed E-state index contributed by atoms with van der Waals surface area (Å²) in [5.74, 6) is 2.55. The highest BCUT2D eigenvalue weighted by Gasteiger charge is 2.48. The fourth-order valence-corrected chi connectivity index (χ4v) is 6.48. The van der Waals surface area contributed by atoms with Gasteiger partial charge in [-0.1, -0.05) is 43.2 Å². The fourth-order valence-electron chi connectivity index (χ4n) is 6.48. The van der Waals surface area contributed by atoms with Gasteiger partial charge in [-0.15, -0.1) is 10.2 Å². The molecular formula is C27H40N8O2. The Balaban J connectivity index is 1.05. The fraction of sp³-hybridized carbons (Fsp3) is 0.667. The van der Waals surface area contributed by atoms with Gasteiger partial charge in [-0.05, 0) is 37.8 Å². The van der Waals surface area contributed by atoms with E-state index >= 15 is 0 Å². The van der Waals surface area contributed by atoms with E-state index in [1.54, 1.807) is 0 Å². The SMILES string of the molecule is O=C(CCCc1nnc2n1C1CCCCC1C1NC(c3ccccc3)NN21)NCCCN1CCOCC1. The maximum absolute atomic E-state index is 12.4. The number of hydrogen-bond acceptors (Lipinski definition) is 8. The zero-order valence-electron chi connectivity index (χ0n) is 21.6. The van der Waals surface area contributed by atoms with Crippen LogP contribution in [0.25, 0.3) is 0 Å². The highest BCUT2D eigenvalue weighted by atomic mass is 16.5. The molecule has 4 heterocycles. The largest absolute Gasteiger partial charge is 0.379 e. The molecule has 10 heteroatoms. The molecule has 0 radical (unpaired) electrons. The lowest BCUT2D eigenvalue weighted by Gasteiger charge is -2.44. The van der Waals surface area contributed by atoms with Crippen molar-refractivity contribution in [3.8, 4) is 0 Å². The number of rotatable bonds is 9. The van der Waals surface area contributed by atoms with Crippen LogP contribution >= 0.6 is 0 Å². The van der Waals surface area contributed by atoms with Crippen LogP contribution in [0.2, 0.25) is 0 Å². The van der Waals surface area contributed by atoms with Crippen LogP contribution in [-0.4, -0.2) is 71.1 Å². The maximum Gasteiger partial charge on any atom is 0.243 e. The van der Waals surface area contributed by atoms with Crippen LogP contribution in [0.3, 0.4) is 0 Å². The number of nitrogens with zero attached hydrogens (tertiary/aromatic N) is 5. The number of carbonyl (C=O) groups is 1. The summed E-state index contributed by atoms with van der Waals surface area (Å²) in [5, 5.41) is 18.4. The number of anilines is 1. The van der Waals surface area contributed by atoms with Crippen molar-refractivity contribution in [2.45, 2.75) is 69.7 Å². The van der Waals surface area contributed by atoms with E-state index in [4.69, 9.17) is 4.74 Å². The number of fused-ring (bicyclic) bond motifs is 6. The number of carbonyl (C=O) groups excluding carboxylic acids is 1. The molecule has 3 N–H and O–H groups in total. The zero-order chi connectivity index (χ0) is 25.0. The summed E-state index contributed by atoms with van der Waals surface area (Å²) in [6.07, 6.45) is 8.20. The van der Waals surface area contributed by atoms with Gasteiger partial charge in [-0.25, -0.2) is 5.43 Å². The number of hydrazine groups is 1. The van der Waals surface area contributed by atoms with Crippen LogP contribution in [0.1, 0.15) is 68.5 Å². The number of morpholine rings is 1. The standard InChI is InChI=1S/C27H40N8O2/c36-24(28-14-7-15-33-16-18-37-19-17-33)13-6-12-23-30-31-27-34(23)22-11-5-4-10-21(22)26-29-25(32-35(26)27)20-8-2-1-3-9-20/h1-3,8-9,21-22,25-26,29,32H,4-7,10-19H2,(H,28,36). The van der Waals surface area contributed by atoms with Crippen molar-refractivity contribution in [1.29, 1.82) is 0 Å². The molecule has 4 aliphatic rings. The summed E-state index contributed by atoms with van der Waals surface area (Å²) in [7, 11) is 0. The first kappa shape index (κ1) is 24.8. The lowest BCUT2D eigenvalue weighted by molar-refractivity contribution is -0.121. The third-order valence-electron chi connectivity index (χ3n) is 8.38. The van der Waals surface area contributed by atoms with Crippen LogP contribution in [0.15, 0.2) is 30.3 Å². The third kappa shape index (κ3) is 5.38. The van der Waals surface area contributed by atoms with Crippen LogP contribution in [-0.2, 0) is 16.0 Å². The van der Waals surface area contributed by atoms with E-state index in [0.717, 1.165) is 76.8 Å². The topological polar surface area (TPSA) is 99.6 Å². The molecule has 37 heavy (non-hydrogen) atoms. The van der Waals surface area contributed by atoms with E-state index in [1.807, 2.05) is 0 Å². The summed E-state index contributed by atoms with van der Waals surface area (Å²) >= 11 is 0. The summed E-state index contributed by atoms with van der Waals surface area (Å²) in [5.41, 5.74) is 4.89. The number of nitrogens with one attached hydrogen (secondary N) is 3. The number of hydrogen-bond donors (Lipinski definition) is 3. The van der Waals surface area contributed by atoms with E-state index in [0.29, 0.717) is 18.4 Å². The Morgan fingerprint density at radius 2 is 1.92 bits per heavy atom. The molecule has 1 aromatic carbocycles. The number of aromatic nitrogens is 3. The second-order valence-electron chi connectivity index (χ2n) is 10.8. The minimum absolute atomic E-state index is 0.0624. The van der Waals surface area contributed by atoms with E-state index in [9.17, 15) is 4.79 Å². The predicted molar refractivity (Wildman–Crippen MR) is 141 cm³/mol. The van der Waals surface area contributed by atoms with E-state index < -0.39 is 0 Å². The molecule has 1 aliphatic carbocycles. The number of aryl methyl sites for hydroxylation is 1. The Hall–Kier alpha value is -2.53. The highest BCUT2D eigenvalue weighted by molar-refractivity contribution is 5.75. The summed E-state index contributed by atoms with van der Waals surface area (Å²) in [4.78, 5) is 14.8. The van der Waals surface area contributed by atoms with Crippen molar-refractivity contribution in [3.05, 3.63) is 41.7 Å². The van der Waals surface area contributed by atoms with E-state index in [2.05, 4.69) is 71.1 Å². The normalized spacial score (nSPS) is 27.4. The molecule has 3 aliphatic heterocycles. The molecule has 0 spiro atoms. The summed E-state index contributed by atoms with van der Waals surface area (Å²) in [6.45, 7) is 5.38. The maximum atomic E-state index is 12.4. The Morgan fingerprint density at radius 1 is 1.08 bits per heavy atom. The number of benzene rings is 1. The number of ether oxygens (including phenoxy) is 1. The molecule has 10 nitrogen and oxygen atoms in total. The first-order valence-electron chi connectivity index (χ1n) is 14.1. The van der Waals surface area contributed by atoms with Crippen molar-refractivity contribution in [3.63, 3.8) is 0 Å². The molecule has 3 fully saturated rings. The van der Waals surface area contributed by atoms with Gasteiger partial charge < -0.3 is 10.1 Å². The Bertz CT molecular complexity index is 1040.